The number of allylic oxidation sites excluding steroid dienone is 2. The van der Waals surface area contributed by atoms with Gasteiger partial charge in [-0.25, -0.2) is 26.0 Å². The highest BCUT2D eigenvalue weighted by atomic mass is 32.2. The van der Waals surface area contributed by atoms with Crippen molar-refractivity contribution in [2.45, 2.75) is 79.5 Å². The number of rotatable bonds is 17. The molecule has 0 saturated carbocycles. The topological polar surface area (TPSA) is 322 Å². The standard InChI is InChI=1S/C18H18N4O6S4.C18H16N4O6S4.2C8H12N2/c2*1-3-21-13-7-5-11(31-28-27-23)9-15(13)29-17(21)19-20-18-22(4-2)14-8-6-12(32(24,25)26)10-16(14)30-18;2*1-10(2)8-5-3-7(9)4-6-8/h5-10,23H,3-4H2,1-2H3,(H,24,25,26);5-10H,3-4H2,1-2H3;3-6H,9H2,1-2H3;3-6,8-9H,1-2H3/p-1. The summed E-state index contributed by atoms with van der Waals surface area (Å²) >= 11 is 7.02. The van der Waals surface area contributed by atoms with Crippen molar-refractivity contribution in [2.24, 2.45) is 20.4 Å². The van der Waals surface area contributed by atoms with Gasteiger partial charge in [-0.3, -0.25) is 10.1 Å². The summed E-state index contributed by atoms with van der Waals surface area (Å²) in [6.45, 7) is 10.4. The zero-order valence-electron chi connectivity index (χ0n) is 46.2. The number of quaternary nitrogens is 1. The minimum absolute atomic E-state index is 0.272. The molecule has 0 amide bonds. The Labute approximate surface area is 507 Å². The van der Waals surface area contributed by atoms with E-state index >= 15 is 0 Å². The van der Waals surface area contributed by atoms with Gasteiger partial charge in [0.15, 0.2) is 0 Å². The Morgan fingerprint density at radius 2 is 1.07 bits per heavy atom. The molecule has 5 aromatic carbocycles. The van der Waals surface area contributed by atoms with Crippen LogP contribution >= 0.6 is 69.4 Å². The van der Waals surface area contributed by atoms with Crippen molar-refractivity contribution in [3.8, 4) is 0 Å². The molecule has 84 heavy (non-hydrogen) atoms. The molecule has 1 aliphatic carbocycles. The predicted octanol–water partition coefficient (Wildman–Crippen LogP) is 6.57. The molecule has 4 N–H and O–H groups in total. The predicted molar refractivity (Wildman–Crippen MR) is 321 cm³/mol. The minimum Gasteiger partial charge on any atom is -0.744 e. The van der Waals surface area contributed by atoms with Crippen LogP contribution in [0.3, 0.4) is 0 Å². The quantitative estimate of drug-likeness (QED) is 0.0165. The Hall–Kier alpha value is -6.15. The van der Waals surface area contributed by atoms with Gasteiger partial charge in [-0.05, 0) is 172 Å². The number of hydrogen-bond donors (Lipinski definition) is 3. The third-order valence-electron chi connectivity index (χ3n) is 12.3. The monoisotopic (exact) mass is 1300 g/mol. The maximum atomic E-state index is 11.4. The van der Waals surface area contributed by atoms with Crippen LogP contribution in [0.25, 0.3) is 40.9 Å². The van der Waals surface area contributed by atoms with E-state index in [1.165, 1.54) is 80.2 Å². The van der Waals surface area contributed by atoms with Crippen LogP contribution in [0, 0.1) is 5.41 Å². The molecule has 9 aromatic rings. The van der Waals surface area contributed by atoms with Gasteiger partial charge in [0, 0.05) is 48.4 Å². The number of aryl methyl sites for hydroxylation is 4. The SMILES string of the molecule is CC[n+]1c(N=Nc2sc3cc(S(=O)(=O)[O-])ccc3[n+]2CC)sc2cc(SOO[O-])ccc21.CCn1c(=NN=c2sc3cc(S(=O)(=O)[O-])ccc3n2CC)sc2cc(SOO[O-])ccc21.CN(C)c1ccc(N)cc1.C[NH+](C)C1C=CC(=N)C=C1. The van der Waals surface area contributed by atoms with Gasteiger partial charge in [-0.1, -0.05) is 22.7 Å². The highest BCUT2D eigenvalue weighted by molar-refractivity contribution is 7.94. The third-order valence-corrected chi connectivity index (χ3v) is 19.2. The van der Waals surface area contributed by atoms with Gasteiger partial charge in [0.2, 0.25) is 19.8 Å². The first-order valence-corrected chi connectivity index (χ1v) is 32.8. The number of nitrogens with two attached hydrogens (primary N) is 1. The van der Waals surface area contributed by atoms with E-state index in [4.69, 9.17) is 11.1 Å². The van der Waals surface area contributed by atoms with Crippen molar-refractivity contribution < 1.29 is 69.2 Å². The molecule has 0 bridgehead atoms. The molecule has 0 unspecified atom stereocenters. The molecule has 0 atom stereocenters. The van der Waals surface area contributed by atoms with Crippen molar-refractivity contribution in [1.82, 2.24) is 9.13 Å². The molecule has 4 aromatic heterocycles. The first-order chi connectivity index (χ1) is 40.1. The number of fused-ring (bicyclic) bond motifs is 4. The maximum absolute atomic E-state index is 11.4. The fourth-order valence-electron chi connectivity index (χ4n) is 8.13. The molecule has 1 aliphatic rings. The lowest BCUT2D eigenvalue weighted by atomic mass is 10.1. The summed E-state index contributed by atoms with van der Waals surface area (Å²) in [6, 6.07) is 28.0. The van der Waals surface area contributed by atoms with Crippen molar-refractivity contribution in [2.75, 3.05) is 38.8 Å². The Morgan fingerprint density at radius 3 is 1.52 bits per heavy atom. The van der Waals surface area contributed by atoms with Gasteiger partial charge in [-0.15, -0.1) is 10.2 Å². The molecular formula is C52H57N12O12S8-. The molecule has 0 fully saturated rings. The van der Waals surface area contributed by atoms with Gasteiger partial charge in [-0.2, -0.15) is 8.67 Å². The molecule has 0 saturated heterocycles. The zero-order chi connectivity index (χ0) is 60.9. The van der Waals surface area contributed by atoms with Crippen molar-refractivity contribution in [3.05, 3.63) is 131 Å². The average Bonchev–Trinajstić information content (AvgIpc) is 2.99. The molecule has 4 heterocycles. The highest BCUT2D eigenvalue weighted by Crippen LogP contribution is 2.34. The summed E-state index contributed by atoms with van der Waals surface area (Å²) in [5.74, 6) is 0. The van der Waals surface area contributed by atoms with Crippen LogP contribution in [0.15, 0.2) is 161 Å². The Balaban J connectivity index is 0.000000182. The second kappa shape index (κ2) is 29.8. The third kappa shape index (κ3) is 16.6. The smallest absolute Gasteiger partial charge is 0.435 e. The van der Waals surface area contributed by atoms with Crippen molar-refractivity contribution >= 4 is 158 Å². The fraction of sp³-hybridized carbons (Fsp3) is 0.250. The lowest BCUT2D eigenvalue weighted by molar-refractivity contribution is -0.871. The Kier molecular flexibility index (Phi) is 23.2. The van der Waals surface area contributed by atoms with E-state index in [0.717, 1.165) is 61.2 Å². The summed E-state index contributed by atoms with van der Waals surface area (Å²) in [6.07, 6.45) is 7.80. The Morgan fingerprint density at radius 1 is 0.643 bits per heavy atom. The summed E-state index contributed by atoms with van der Waals surface area (Å²) in [5, 5.41) is 53.2. The number of anilines is 2. The average molecular weight is 1300 g/mol. The number of thiazole rings is 4. The van der Waals surface area contributed by atoms with Gasteiger partial charge >= 0.3 is 10.3 Å². The lowest BCUT2D eigenvalue weighted by Crippen LogP contribution is -3.09. The summed E-state index contributed by atoms with van der Waals surface area (Å²) in [4.78, 5) is 5.54. The molecule has 0 aliphatic heterocycles. The highest BCUT2D eigenvalue weighted by Gasteiger charge is 2.26. The molecule has 32 heteroatoms. The van der Waals surface area contributed by atoms with E-state index in [1.807, 2.05) is 138 Å². The normalized spacial score (nSPS) is 14.0. The van der Waals surface area contributed by atoms with E-state index in [1.54, 1.807) is 12.1 Å². The minimum atomic E-state index is -4.54. The first-order valence-electron chi connectivity index (χ1n) is 25.3. The largest absolute Gasteiger partial charge is 0.744 e. The van der Waals surface area contributed by atoms with Crippen LogP contribution in [0.5, 0.6) is 0 Å². The maximum Gasteiger partial charge on any atom is 0.435 e. The van der Waals surface area contributed by atoms with Crippen molar-refractivity contribution in [3.63, 3.8) is 0 Å². The van der Waals surface area contributed by atoms with Crippen molar-refractivity contribution in [1.29, 1.82) is 5.41 Å². The van der Waals surface area contributed by atoms with E-state index < -0.39 is 20.2 Å². The summed E-state index contributed by atoms with van der Waals surface area (Å²) in [5.41, 5.74) is 11.6. The van der Waals surface area contributed by atoms with Crippen LogP contribution in [0.4, 0.5) is 21.6 Å². The summed E-state index contributed by atoms with van der Waals surface area (Å²) < 4.78 is 87.9. The van der Waals surface area contributed by atoms with E-state index in [0.29, 0.717) is 77.0 Å². The number of nitrogens with zero attached hydrogens (tertiary/aromatic N) is 9. The molecule has 0 spiro atoms. The molecule has 24 nitrogen and oxygen atoms in total. The van der Waals surface area contributed by atoms with Gasteiger partial charge in [0.1, 0.15) is 37.3 Å². The van der Waals surface area contributed by atoms with E-state index in [2.05, 4.69) is 65.4 Å². The lowest BCUT2D eigenvalue weighted by Gasteiger charge is -2.15. The molecule has 10 rings (SSSR count). The van der Waals surface area contributed by atoms with Gasteiger partial charge in [0.05, 0.1) is 96.6 Å². The number of aromatic nitrogens is 4. The molecular weight excluding hydrogens is 1240 g/mol. The zero-order valence-corrected chi connectivity index (χ0v) is 52.8. The number of nitrogens with one attached hydrogen (secondary N) is 2. The Bertz CT molecular complexity index is 4250. The first kappa shape index (κ1) is 65.4. The number of nitrogen functional groups attached to an aromatic ring is 1. The second-order valence-corrected chi connectivity index (χ2v) is 26.4. The van der Waals surface area contributed by atoms with Crippen LogP contribution in [-0.4, -0.2) is 75.0 Å². The van der Waals surface area contributed by atoms with E-state index in [9.17, 15) is 36.5 Å². The molecule has 446 valence electrons. The number of hydrogen-bond acceptors (Lipinski definition) is 25. The molecule has 0 radical (unpaired) electrons. The fourth-order valence-corrected chi connectivity index (χ4v) is 14.5. The van der Waals surface area contributed by atoms with Crippen LogP contribution in [0.1, 0.15) is 27.7 Å². The summed E-state index contributed by atoms with van der Waals surface area (Å²) in [7, 11) is -0.853. The van der Waals surface area contributed by atoms with Crippen LogP contribution in [-0.2, 0) is 65.2 Å². The van der Waals surface area contributed by atoms with E-state index in [-0.39, 0.29) is 9.79 Å². The number of benzene rings is 5. The number of likely N-dealkylation sites (N-methyl/N-ethyl adjacent to an activating group) is 1. The van der Waals surface area contributed by atoms with Crippen LogP contribution < -0.4 is 44.8 Å². The van der Waals surface area contributed by atoms with Gasteiger partial charge < -0.3 is 49.7 Å². The van der Waals surface area contributed by atoms with Crippen LogP contribution in [0.2, 0.25) is 0 Å². The number of azo groups is 1. The second-order valence-electron chi connectivity index (χ2n) is 18.0. The van der Waals surface area contributed by atoms with Gasteiger partial charge in [0.25, 0.3) is 0 Å².